The van der Waals surface area contributed by atoms with Crippen molar-refractivity contribution in [3.63, 3.8) is 0 Å². The lowest BCUT2D eigenvalue weighted by molar-refractivity contribution is -0.0386. The summed E-state index contributed by atoms with van der Waals surface area (Å²) >= 11 is 0. The Morgan fingerprint density at radius 1 is 1.40 bits per heavy atom. The summed E-state index contributed by atoms with van der Waals surface area (Å²) in [6, 6.07) is 9.53. The third kappa shape index (κ3) is 1.91. The van der Waals surface area contributed by atoms with Gasteiger partial charge in [0.15, 0.2) is 0 Å². The Balaban J connectivity index is 2.27. The molecular formula is C12H18N2O. The fraction of sp³-hybridized carbons (Fsp3) is 0.500. The van der Waals surface area contributed by atoms with Crippen LogP contribution in [-0.4, -0.2) is 36.2 Å². The lowest BCUT2D eigenvalue weighted by Crippen LogP contribution is -2.56. The Morgan fingerprint density at radius 3 is 2.67 bits per heavy atom. The molecule has 0 amide bonds. The van der Waals surface area contributed by atoms with Crippen LogP contribution in [0, 0.1) is 0 Å². The highest BCUT2D eigenvalue weighted by atomic mass is 16.3. The first kappa shape index (κ1) is 10.6. The predicted octanol–water partition coefficient (Wildman–Crippen LogP) is 0.537. The number of nitrogens with zero attached hydrogens (tertiary/aromatic N) is 1. The molecule has 2 unspecified atom stereocenters. The third-order valence-corrected chi connectivity index (χ3v) is 3.27. The molecule has 1 aromatic carbocycles. The number of nitrogens with two attached hydrogens (primary N) is 1. The fourth-order valence-electron chi connectivity index (χ4n) is 2.21. The topological polar surface area (TPSA) is 49.5 Å². The smallest absolute Gasteiger partial charge is 0.107 e. The molecule has 3 nitrogen and oxygen atoms in total. The zero-order valence-corrected chi connectivity index (χ0v) is 9.06. The van der Waals surface area contributed by atoms with Gasteiger partial charge in [-0.2, -0.15) is 0 Å². The molecule has 0 aliphatic carbocycles. The fourth-order valence-corrected chi connectivity index (χ4v) is 2.21. The van der Waals surface area contributed by atoms with Gasteiger partial charge in [-0.25, -0.2) is 0 Å². The summed E-state index contributed by atoms with van der Waals surface area (Å²) in [5.74, 6) is 0. The van der Waals surface area contributed by atoms with E-state index in [0.29, 0.717) is 6.42 Å². The van der Waals surface area contributed by atoms with Gasteiger partial charge in [-0.15, -0.1) is 0 Å². The first-order valence-corrected chi connectivity index (χ1v) is 5.35. The van der Waals surface area contributed by atoms with Gasteiger partial charge in [0.05, 0.1) is 6.04 Å². The first-order valence-electron chi connectivity index (χ1n) is 5.35. The molecule has 0 bridgehead atoms. The molecule has 2 atom stereocenters. The molecule has 0 spiro atoms. The van der Waals surface area contributed by atoms with Gasteiger partial charge in [-0.05, 0) is 19.0 Å². The second-order valence-corrected chi connectivity index (χ2v) is 4.41. The van der Waals surface area contributed by atoms with E-state index in [2.05, 4.69) is 4.90 Å². The standard InChI is InChI=1S/C12H18N2O/c1-14-8-7-12(15,11(13)9-14)10-5-3-2-4-6-10/h2-6,11,15H,7-9,13H2,1H3. The van der Waals surface area contributed by atoms with Crippen LogP contribution in [0.3, 0.4) is 0 Å². The van der Waals surface area contributed by atoms with Gasteiger partial charge in [0.25, 0.3) is 0 Å². The maximum atomic E-state index is 10.6. The summed E-state index contributed by atoms with van der Waals surface area (Å²) in [5, 5.41) is 10.6. The van der Waals surface area contributed by atoms with Gasteiger partial charge < -0.3 is 15.7 Å². The molecule has 0 aromatic heterocycles. The number of hydrogen-bond acceptors (Lipinski definition) is 3. The summed E-state index contributed by atoms with van der Waals surface area (Å²) in [4.78, 5) is 2.15. The number of piperidine rings is 1. The van der Waals surface area contributed by atoms with Crippen molar-refractivity contribution in [1.82, 2.24) is 4.90 Å². The number of likely N-dealkylation sites (tertiary alicyclic amines) is 1. The van der Waals surface area contributed by atoms with Crippen LogP contribution in [0.1, 0.15) is 12.0 Å². The number of likely N-dealkylation sites (N-methyl/N-ethyl adjacent to an activating group) is 1. The maximum absolute atomic E-state index is 10.6. The molecule has 1 heterocycles. The number of aliphatic hydroxyl groups is 1. The molecule has 0 radical (unpaired) electrons. The number of benzene rings is 1. The van der Waals surface area contributed by atoms with Crippen molar-refractivity contribution >= 4 is 0 Å². The number of rotatable bonds is 1. The first-order chi connectivity index (χ1) is 7.13. The van der Waals surface area contributed by atoms with E-state index in [4.69, 9.17) is 5.73 Å². The molecule has 1 aromatic rings. The van der Waals surface area contributed by atoms with Crippen molar-refractivity contribution in [2.45, 2.75) is 18.1 Å². The molecular weight excluding hydrogens is 188 g/mol. The van der Waals surface area contributed by atoms with E-state index in [0.717, 1.165) is 18.7 Å². The van der Waals surface area contributed by atoms with Gasteiger partial charge in [-0.3, -0.25) is 0 Å². The van der Waals surface area contributed by atoms with Crippen molar-refractivity contribution in [3.05, 3.63) is 35.9 Å². The minimum absolute atomic E-state index is 0.210. The highest BCUT2D eigenvalue weighted by Crippen LogP contribution is 2.31. The zero-order chi connectivity index (χ0) is 10.9. The summed E-state index contributed by atoms with van der Waals surface area (Å²) in [6.07, 6.45) is 0.703. The highest BCUT2D eigenvalue weighted by Gasteiger charge is 2.39. The average molecular weight is 206 g/mol. The van der Waals surface area contributed by atoms with Gasteiger partial charge in [0.2, 0.25) is 0 Å². The SMILES string of the molecule is CN1CCC(O)(c2ccccc2)C(N)C1. The van der Waals surface area contributed by atoms with E-state index in [1.807, 2.05) is 37.4 Å². The Bertz CT molecular complexity index is 328. The predicted molar refractivity (Wildman–Crippen MR) is 60.4 cm³/mol. The van der Waals surface area contributed by atoms with Crippen LogP contribution in [0.5, 0.6) is 0 Å². The van der Waals surface area contributed by atoms with E-state index in [-0.39, 0.29) is 6.04 Å². The second-order valence-electron chi connectivity index (χ2n) is 4.41. The van der Waals surface area contributed by atoms with E-state index >= 15 is 0 Å². The largest absolute Gasteiger partial charge is 0.383 e. The summed E-state index contributed by atoms with van der Waals surface area (Å²) in [7, 11) is 2.03. The molecule has 82 valence electrons. The third-order valence-electron chi connectivity index (χ3n) is 3.27. The minimum Gasteiger partial charge on any atom is -0.383 e. The molecule has 1 aliphatic heterocycles. The quantitative estimate of drug-likeness (QED) is 0.705. The molecule has 0 saturated carbocycles. The van der Waals surface area contributed by atoms with Crippen molar-refractivity contribution in [2.24, 2.45) is 5.73 Å². The Hall–Kier alpha value is -0.900. The van der Waals surface area contributed by atoms with Crippen LogP contribution in [0.25, 0.3) is 0 Å². The molecule has 1 fully saturated rings. The van der Waals surface area contributed by atoms with Crippen molar-refractivity contribution in [2.75, 3.05) is 20.1 Å². The van der Waals surface area contributed by atoms with E-state index in [1.165, 1.54) is 0 Å². The average Bonchev–Trinajstić information content (AvgIpc) is 2.25. The van der Waals surface area contributed by atoms with Crippen LogP contribution in [0.4, 0.5) is 0 Å². The maximum Gasteiger partial charge on any atom is 0.107 e. The summed E-state index contributed by atoms with van der Waals surface area (Å²) in [5.41, 5.74) is 6.13. The van der Waals surface area contributed by atoms with Crippen LogP contribution in [0.2, 0.25) is 0 Å². The van der Waals surface area contributed by atoms with Crippen LogP contribution >= 0.6 is 0 Å². The van der Waals surface area contributed by atoms with Gasteiger partial charge >= 0.3 is 0 Å². The monoisotopic (exact) mass is 206 g/mol. The highest BCUT2D eigenvalue weighted by molar-refractivity contribution is 5.25. The van der Waals surface area contributed by atoms with Crippen LogP contribution in [0.15, 0.2) is 30.3 Å². The molecule has 1 aliphatic rings. The van der Waals surface area contributed by atoms with Crippen LogP contribution in [-0.2, 0) is 5.60 Å². The van der Waals surface area contributed by atoms with Gasteiger partial charge in [0.1, 0.15) is 5.60 Å². The molecule has 2 rings (SSSR count). The van der Waals surface area contributed by atoms with E-state index in [1.54, 1.807) is 0 Å². The van der Waals surface area contributed by atoms with Crippen molar-refractivity contribution < 1.29 is 5.11 Å². The lowest BCUT2D eigenvalue weighted by Gasteiger charge is -2.42. The zero-order valence-electron chi connectivity index (χ0n) is 9.06. The Kier molecular flexibility index (Phi) is 2.78. The molecule has 3 N–H and O–H groups in total. The number of hydrogen-bond donors (Lipinski definition) is 2. The van der Waals surface area contributed by atoms with E-state index < -0.39 is 5.60 Å². The van der Waals surface area contributed by atoms with Gasteiger partial charge in [-0.1, -0.05) is 30.3 Å². The second kappa shape index (κ2) is 3.93. The van der Waals surface area contributed by atoms with Gasteiger partial charge in [0, 0.05) is 13.1 Å². The minimum atomic E-state index is -0.853. The van der Waals surface area contributed by atoms with Crippen LogP contribution < -0.4 is 5.73 Å². The van der Waals surface area contributed by atoms with Crippen molar-refractivity contribution in [1.29, 1.82) is 0 Å². The Labute approximate surface area is 90.5 Å². The summed E-state index contributed by atoms with van der Waals surface area (Å²) < 4.78 is 0. The van der Waals surface area contributed by atoms with E-state index in [9.17, 15) is 5.11 Å². The lowest BCUT2D eigenvalue weighted by atomic mass is 9.81. The summed E-state index contributed by atoms with van der Waals surface area (Å²) in [6.45, 7) is 1.63. The normalized spacial score (nSPS) is 32.9. The van der Waals surface area contributed by atoms with Crippen molar-refractivity contribution in [3.8, 4) is 0 Å². The molecule has 1 saturated heterocycles. The molecule has 15 heavy (non-hydrogen) atoms. The Morgan fingerprint density at radius 2 is 2.07 bits per heavy atom. The molecule has 3 heteroatoms.